The molecule has 0 amide bonds. The van der Waals surface area contributed by atoms with Gasteiger partial charge in [-0.3, -0.25) is 23.2 Å². The first-order valence-corrected chi connectivity index (χ1v) is 28.7. The minimum Gasteiger partial charge on any atom is -0.462 e. The topological polar surface area (TPSA) is 286 Å². The zero-order chi connectivity index (χ0) is 53.6. The number of carbonyl (C=O) groups is 2. The number of aromatic nitrogens is 2. The molecule has 73 heavy (non-hydrogen) atoms. The molecule has 1 aliphatic heterocycles. The fourth-order valence-corrected chi connectivity index (χ4v) is 9.15. The molecule has 21 heteroatoms. The van der Waals surface area contributed by atoms with Crippen molar-refractivity contribution in [3.8, 4) is 0 Å². The average molecular weight is 1070 g/mol. The highest BCUT2D eigenvalue weighted by Gasteiger charge is 2.46. The number of aliphatic hydroxyl groups is 3. The van der Waals surface area contributed by atoms with Gasteiger partial charge in [-0.05, 0) is 89.5 Å². The molecule has 0 radical (unpaired) electrons. The summed E-state index contributed by atoms with van der Waals surface area (Å²) in [5, 5.41) is 30.7. The number of aliphatic hydroxyl groups excluding tert-OH is 3. The van der Waals surface area contributed by atoms with E-state index in [-0.39, 0.29) is 24.8 Å². The maximum absolute atomic E-state index is 12.8. The molecular formula is C52H83N3O16P2. The van der Waals surface area contributed by atoms with Crippen LogP contribution in [0, 0.1) is 0 Å². The summed E-state index contributed by atoms with van der Waals surface area (Å²) in [6, 6.07) is 1.24. The average Bonchev–Trinajstić information content (AvgIpc) is 3.62. The lowest BCUT2D eigenvalue weighted by Crippen LogP contribution is -2.36. The van der Waals surface area contributed by atoms with Gasteiger partial charge in [0.25, 0.3) is 0 Å². The van der Waals surface area contributed by atoms with Crippen LogP contribution in [-0.2, 0) is 46.3 Å². The molecule has 0 saturated carbocycles. The summed E-state index contributed by atoms with van der Waals surface area (Å²) in [7, 11) is -10.9. The molecule has 19 nitrogen and oxygen atoms in total. The maximum Gasteiger partial charge on any atom is 0.481 e. The second kappa shape index (κ2) is 39.3. The maximum atomic E-state index is 12.8. The first-order valence-electron chi connectivity index (χ1n) is 25.7. The number of hydrogen-bond acceptors (Lipinski definition) is 16. The second-order valence-electron chi connectivity index (χ2n) is 17.5. The molecule has 1 aromatic heterocycles. The number of nitrogens with two attached hydrogens (primary N) is 1. The van der Waals surface area contributed by atoms with E-state index in [1.54, 1.807) is 0 Å². The van der Waals surface area contributed by atoms with Gasteiger partial charge < -0.3 is 45.1 Å². The number of phosphoric ester groups is 2. The van der Waals surface area contributed by atoms with Crippen molar-refractivity contribution < 1.29 is 71.4 Å². The van der Waals surface area contributed by atoms with Crippen LogP contribution in [0.1, 0.15) is 155 Å². The Labute approximate surface area is 431 Å². The molecule has 0 bridgehead atoms. The Morgan fingerprint density at radius 2 is 1.23 bits per heavy atom. The molecule has 1 aliphatic rings. The van der Waals surface area contributed by atoms with E-state index in [4.69, 9.17) is 29.0 Å². The number of hydrogen-bond donors (Lipinski definition) is 6. The number of ether oxygens (including phenoxy) is 3. The van der Waals surface area contributed by atoms with Crippen molar-refractivity contribution in [1.82, 2.24) is 9.55 Å². The minimum absolute atomic E-state index is 0.0212. The van der Waals surface area contributed by atoms with Crippen molar-refractivity contribution in [2.24, 2.45) is 0 Å². The molecule has 0 aliphatic carbocycles. The Kier molecular flexibility index (Phi) is 35.0. The van der Waals surface area contributed by atoms with Crippen molar-refractivity contribution in [1.29, 1.82) is 0 Å². The summed E-state index contributed by atoms with van der Waals surface area (Å²) < 4.78 is 56.6. The van der Waals surface area contributed by atoms with Gasteiger partial charge in [-0.1, -0.05) is 137 Å². The molecule has 2 heterocycles. The highest BCUT2D eigenvalue weighted by molar-refractivity contribution is 7.61. The van der Waals surface area contributed by atoms with E-state index in [2.05, 4.69) is 58.8 Å². The quantitative estimate of drug-likeness (QED) is 0.0154. The normalized spacial score (nSPS) is 20.1. The first kappa shape index (κ1) is 65.0. The number of phosphoric acid groups is 2. The van der Waals surface area contributed by atoms with Gasteiger partial charge >= 0.3 is 33.3 Å². The van der Waals surface area contributed by atoms with Gasteiger partial charge in [0.1, 0.15) is 30.7 Å². The summed E-state index contributed by atoms with van der Waals surface area (Å²) in [6.07, 6.45) is 38.8. The van der Waals surface area contributed by atoms with Gasteiger partial charge in [-0.2, -0.15) is 9.29 Å². The van der Waals surface area contributed by atoms with Gasteiger partial charge in [0.2, 0.25) is 0 Å². The van der Waals surface area contributed by atoms with E-state index in [9.17, 15) is 48.6 Å². The summed E-state index contributed by atoms with van der Waals surface area (Å²) in [4.78, 5) is 61.9. The van der Waals surface area contributed by atoms with Crippen molar-refractivity contribution in [2.45, 2.75) is 185 Å². The van der Waals surface area contributed by atoms with Gasteiger partial charge in [-0.25, -0.2) is 13.9 Å². The lowest BCUT2D eigenvalue weighted by Gasteiger charge is -2.21. The molecule has 0 aromatic carbocycles. The Morgan fingerprint density at radius 1 is 0.712 bits per heavy atom. The third-order valence-electron chi connectivity index (χ3n) is 11.0. The number of rotatable bonds is 41. The predicted octanol–water partition coefficient (Wildman–Crippen LogP) is 9.64. The largest absolute Gasteiger partial charge is 0.481 e. The van der Waals surface area contributed by atoms with Crippen LogP contribution < -0.4 is 11.4 Å². The fraction of sp³-hybridized carbons (Fsp3) is 0.615. The lowest BCUT2D eigenvalue weighted by atomic mass is 10.1. The standard InChI is InChI=1S/C52H83N3O16P2/c1-3-5-6-7-8-9-10-11-12-13-14-17-21-24-27-30-33-37-48(58)69-44(40-66-47(57)36-32-29-26-23-20-18-15-16-19-22-25-28-31-35-43(56)34-4-2)41-67-72(62,63)71-73(64,65)68-42-45-49(59)50(60)51(70-45)55-39-38-46(53)54-52(55)61/h11-12,14-15,17-19,22-24,26-28,31,38-39,43-45,49-51,56,59-60H,3-10,13,16,20-21,25,29-30,32-37,40-42H2,1-2H3,(H,62,63)(H,64,65)(H2,53,54,61)/b12-11-,17-14-,18-15-,22-19-,26-23-,27-24-,31-28-/t43?,44-,45-,49-,50-,51-/m1/s1. The van der Waals surface area contributed by atoms with E-state index in [0.29, 0.717) is 32.1 Å². The van der Waals surface area contributed by atoms with E-state index >= 15 is 0 Å². The number of esters is 2. The van der Waals surface area contributed by atoms with Crippen molar-refractivity contribution >= 4 is 33.4 Å². The Morgan fingerprint density at radius 3 is 1.81 bits per heavy atom. The summed E-state index contributed by atoms with van der Waals surface area (Å²) in [5.41, 5.74) is 4.57. The number of allylic oxidation sites excluding steroid dienone is 13. The molecule has 8 atom stereocenters. The van der Waals surface area contributed by atoms with E-state index in [0.717, 1.165) is 62.1 Å². The van der Waals surface area contributed by atoms with Gasteiger partial charge in [0, 0.05) is 19.0 Å². The van der Waals surface area contributed by atoms with E-state index < -0.39 is 83.7 Å². The molecule has 7 N–H and O–H groups in total. The Hall–Kier alpha value is -4.10. The molecule has 1 saturated heterocycles. The number of anilines is 1. The molecule has 412 valence electrons. The fourth-order valence-electron chi connectivity index (χ4n) is 7.04. The van der Waals surface area contributed by atoms with Crippen molar-refractivity contribution in [3.63, 3.8) is 0 Å². The monoisotopic (exact) mass is 1070 g/mol. The minimum atomic E-state index is -5.46. The smallest absolute Gasteiger partial charge is 0.462 e. The van der Waals surface area contributed by atoms with Crippen LogP contribution in [0.25, 0.3) is 0 Å². The molecular weight excluding hydrogens is 985 g/mol. The zero-order valence-corrected chi connectivity index (χ0v) is 44.6. The third kappa shape index (κ3) is 32.1. The Balaban J connectivity index is 1.85. The van der Waals surface area contributed by atoms with Crippen LogP contribution >= 0.6 is 15.6 Å². The third-order valence-corrected chi connectivity index (χ3v) is 13.6. The van der Waals surface area contributed by atoms with Crippen molar-refractivity contribution in [3.05, 3.63) is 108 Å². The number of nitrogens with zero attached hydrogens (tertiary/aromatic N) is 2. The van der Waals surface area contributed by atoms with Gasteiger partial charge in [-0.15, -0.1) is 0 Å². The molecule has 1 aromatic rings. The highest BCUT2D eigenvalue weighted by Crippen LogP contribution is 2.60. The molecule has 1 fully saturated rings. The van der Waals surface area contributed by atoms with Gasteiger partial charge in [0.15, 0.2) is 12.3 Å². The zero-order valence-electron chi connectivity index (χ0n) is 42.8. The first-order chi connectivity index (χ1) is 35.1. The van der Waals surface area contributed by atoms with E-state index in [1.165, 1.54) is 44.6 Å². The molecule has 2 rings (SSSR count). The van der Waals surface area contributed by atoms with Crippen LogP contribution in [0.4, 0.5) is 5.82 Å². The lowest BCUT2D eigenvalue weighted by molar-refractivity contribution is -0.161. The number of unbranched alkanes of at least 4 members (excludes halogenated alkanes) is 8. The molecule has 3 unspecified atom stereocenters. The predicted molar refractivity (Wildman–Crippen MR) is 281 cm³/mol. The summed E-state index contributed by atoms with van der Waals surface area (Å²) in [5.74, 6) is -1.46. The van der Waals surface area contributed by atoms with Crippen LogP contribution in [0.3, 0.4) is 0 Å². The van der Waals surface area contributed by atoms with Crippen LogP contribution in [0.5, 0.6) is 0 Å². The SMILES string of the molecule is CCCCCCCC/C=C\C/C=C\C/C=C\CCCC(=O)O[C@H](COC(=O)CCC/C=C\C/C=C\C/C=C\C/C=C\CC(O)CCC)COP(=O)(O)OP(=O)(O)OC[C@H]1O[C@@H](n2ccc(N)nc2=O)[C@H](O)[C@@H]1O. The van der Waals surface area contributed by atoms with Gasteiger partial charge in [0.05, 0.1) is 19.3 Å². The number of carbonyl (C=O) groups excluding carboxylic acids is 2. The summed E-state index contributed by atoms with van der Waals surface area (Å²) in [6.45, 7) is 1.83. The molecule has 0 spiro atoms. The Bertz CT molecular complexity index is 2070. The number of nitrogen functional groups attached to an aromatic ring is 1. The highest BCUT2D eigenvalue weighted by atomic mass is 31.3. The summed E-state index contributed by atoms with van der Waals surface area (Å²) >= 11 is 0. The van der Waals surface area contributed by atoms with Crippen LogP contribution in [0.15, 0.2) is 102 Å². The second-order valence-corrected chi connectivity index (χ2v) is 20.5. The van der Waals surface area contributed by atoms with E-state index in [1.807, 2.05) is 49.5 Å². The van der Waals surface area contributed by atoms with Crippen LogP contribution in [0.2, 0.25) is 0 Å². The van der Waals surface area contributed by atoms with Crippen LogP contribution in [-0.4, -0.2) is 96.9 Å². The van der Waals surface area contributed by atoms with Crippen molar-refractivity contribution in [2.75, 3.05) is 25.6 Å².